The summed E-state index contributed by atoms with van der Waals surface area (Å²) in [5.74, 6) is 0.398. The molecule has 2 aromatic rings. The van der Waals surface area contributed by atoms with E-state index in [4.69, 9.17) is 17.3 Å². The van der Waals surface area contributed by atoms with Gasteiger partial charge in [0.05, 0.1) is 5.52 Å². The van der Waals surface area contributed by atoms with Crippen molar-refractivity contribution in [1.29, 1.82) is 0 Å². The Labute approximate surface area is 95.8 Å². The van der Waals surface area contributed by atoms with Crippen LogP contribution in [-0.4, -0.2) is 16.0 Å². The summed E-state index contributed by atoms with van der Waals surface area (Å²) in [5.41, 5.74) is 10.4. The molecule has 1 heterocycles. The maximum atomic E-state index is 10.6. The number of benzene rings is 1. The van der Waals surface area contributed by atoms with Crippen LogP contribution in [0.25, 0.3) is 10.9 Å². The number of fused-ring (bicyclic) bond motifs is 1. The van der Waals surface area contributed by atoms with E-state index in [2.05, 4.69) is 20.8 Å². The molecule has 0 fully saturated rings. The van der Waals surface area contributed by atoms with Gasteiger partial charge in [0.1, 0.15) is 0 Å². The summed E-state index contributed by atoms with van der Waals surface area (Å²) in [7, 11) is 0. The van der Waals surface area contributed by atoms with E-state index in [1.54, 1.807) is 12.1 Å². The number of amides is 2. The Bertz CT molecular complexity index is 544. The van der Waals surface area contributed by atoms with Crippen molar-refractivity contribution in [3.63, 3.8) is 0 Å². The van der Waals surface area contributed by atoms with Crippen LogP contribution in [0.15, 0.2) is 24.3 Å². The zero-order chi connectivity index (χ0) is 11.5. The van der Waals surface area contributed by atoms with Gasteiger partial charge in [-0.3, -0.25) is 10.9 Å². The number of hydrogen-bond donors (Lipinski definition) is 3. The molecule has 1 aromatic carbocycles. The fourth-order valence-electron chi connectivity index (χ4n) is 1.26. The van der Waals surface area contributed by atoms with Gasteiger partial charge in [0.15, 0.2) is 5.82 Å². The number of halogens is 1. The number of primary amides is 1. The number of hydrogen-bond acceptors (Lipinski definition) is 4. The monoisotopic (exact) mass is 237 g/mol. The molecule has 0 aliphatic heterocycles. The lowest BCUT2D eigenvalue weighted by Crippen LogP contribution is -2.34. The van der Waals surface area contributed by atoms with E-state index in [0.717, 1.165) is 5.39 Å². The van der Waals surface area contributed by atoms with E-state index >= 15 is 0 Å². The lowest BCUT2D eigenvalue weighted by molar-refractivity contribution is 0.250. The molecule has 0 aliphatic rings. The fourth-order valence-corrected chi connectivity index (χ4v) is 1.44. The Morgan fingerprint density at radius 2 is 2.06 bits per heavy atom. The van der Waals surface area contributed by atoms with Crippen LogP contribution in [0.1, 0.15) is 0 Å². The average Bonchev–Trinajstić information content (AvgIpc) is 2.25. The Balaban J connectivity index is 2.46. The molecule has 0 spiro atoms. The second kappa shape index (κ2) is 4.19. The van der Waals surface area contributed by atoms with Crippen molar-refractivity contribution in [3.8, 4) is 0 Å². The Morgan fingerprint density at radius 1 is 1.31 bits per heavy atom. The highest BCUT2D eigenvalue weighted by Gasteiger charge is 2.05. The molecule has 0 saturated heterocycles. The third kappa shape index (κ3) is 2.12. The lowest BCUT2D eigenvalue weighted by Gasteiger charge is -2.08. The van der Waals surface area contributed by atoms with Gasteiger partial charge in [0, 0.05) is 5.39 Å². The predicted molar refractivity (Wildman–Crippen MR) is 60.9 cm³/mol. The third-order valence-electron chi connectivity index (χ3n) is 1.88. The number of nitrogens with zero attached hydrogens (tertiary/aromatic N) is 2. The zero-order valence-electron chi connectivity index (χ0n) is 8.07. The maximum absolute atomic E-state index is 10.6. The number of anilines is 1. The van der Waals surface area contributed by atoms with Gasteiger partial charge >= 0.3 is 6.03 Å². The van der Waals surface area contributed by atoms with Gasteiger partial charge in [-0.2, -0.15) is 4.98 Å². The van der Waals surface area contributed by atoms with Crippen molar-refractivity contribution in [1.82, 2.24) is 15.4 Å². The molecule has 0 radical (unpaired) electrons. The van der Waals surface area contributed by atoms with E-state index in [9.17, 15) is 4.79 Å². The summed E-state index contributed by atoms with van der Waals surface area (Å²) < 4.78 is 0. The van der Waals surface area contributed by atoms with Crippen molar-refractivity contribution >= 4 is 34.4 Å². The average molecular weight is 238 g/mol. The molecule has 16 heavy (non-hydrogen) atoms. The normalized spacial score (nSPS) is 10.1. The Hall–Kier alpha value is -2.08. The summed E-state index contributed by atoms with van der Waals surface area (Å²) in [4.78, 5) is 18.5. The minimum Gasteiger partial charge on any atom is -0.350 e. The van der Waals surface area contributed by atoms with Gasteiger partial charge < -0.3 is 5.73 Å². The number of rotatable bonds is 2. The Morgan fingerprint density at radius 3 is 2.81 bits per heavy atom. The zero-order valence-corrected chi connectivity index (χ0v) is 8.82. The van der Waals surface area contributed by atoms with Gasteiger partial charge in [-0.05, 0) is 23.7 Å². The highest BCUT2D eigenvalue weighted by molar-refractivity contribution is 6.28. The van der Waals surface area contributed by atoms with Crippen LogP contribution in [0.4, 0.5) is 10.6 Å². The molecule has 0 bridgehead atoms. The van der Waals surface area contributed by atoms with Crippen LogP contribution in [0.2, 0.25) is 5.28 Å². The molecule has 1 aromatic heterocycles. The van der Waals surface area contributed by atoms with Crippen LogP contribution >= 0.6 is 11.6 Å². The number of urea groups is 1. The summed E-state index contributed by atoms with van der Waals surface area (Å²) in [6.07, 6.45) is 0. The first-order chi connectivity index (χ1) is 7.66. The number of hydrazine groups is 1. The van der Waals surface area contributed by atoms with Gasteiger partial charge in [0.2, 0.25) is 5.28 Å². The second-order valence-electron chi connectivity index (χ2n) is 2.97. The third-order valence-corrected chi connectivity index (χ3v) is 2.05. The highest BCUT2D eigenvalue weighted by atomic mass is 35.5. The number of nitrogens with one attached hydrogen (secondary N) is 2. The number of nitrogens with two attached hydrogens (primary N) is 1. The molecule has 0 unspecified atom stereocenters. The molecule has 0 atom stereocenters. The predicted octanol–water partition coefficient (Wildman–Crippen LogP) is 1.28. The van der Waals surface area contributed by atoms with Crippen molar-refractivity contribution in [2.75, 3.05) is 5.43 Å². The van der Waals surface area contributed by atoms with Crippen molar-refractivity contribution < 1.29 is 4.79 Å². The molecule has 2 amide bonds. The first-order valence-corrected chi connectivity index (χ1v) is 4.78. The molecule has 82 valence electrons. The highest BCUT2D eigenvalue weighted by Crippen LogP contribution is 2.20. The number of carbonyl (C=O) groups is 1. The largest absolute Gasteiger partial charge is 0.350 e. The van der Waals surface area contributed by atoms with Gasteiger partial charge in [0.25, 0.3) is 0 Å². The SMILES string of the molecule is NC(=O)NNc1nc(Cl)nc2ccccc12. The minimum absolute atomic E-state index is 0.0903. The van der Waals surface area contributed by atoms with Gasteiger partial charge in [-0.25, -0.2) is 9.78 Å². The lowest BCUT2D eigenvalue weighted by atomic mass is 10.2. The minimum atomic E-state index is -0.709. The number of aromatic nitrogens is 2. The molecular formula is C9H8ClN5O. The van der Waals surface area contributed by atoms with Crippen molar-refractivity contribution in [2.45, 2.75) is 0 Å². The summed E-state index contributed by atoms with van der Waals surface area (Å²) in [5, 5.41) is 0.827. The number of para-hydroxylation sites is 1. The summed E-state index contributed by atoms with van der Waals surface area (Å²) in [6, 6.07) is 6.54. The smallest absolute Gasteiger partial charge is 0.330 e. The van der Waals surface area contributed by atoms with Gasteiger partial charge in [-0.1, -0.05) is 12.1 Å². The topological polar surface area (TPSA) is 92.9 Å². The molecule has 0 saturated carbocycles. The quantitative estimate of drug-likeness (QED) is 0.542. The van der Waals surface area contributed by atoms with E-state index in [1.165, 1.54) is 0 Å². The molecular weight excluding hydrogens is 230 g/mol. The second-order valence-corrected chi connectivity index (χ2v) is 3.31. The standard InChI is InChI=1S/C9H8ClN5O/c10-8-12-6-4-2-1-3-5(6)7(13-8)14-15-9(11)16/h1-4H,(H3,11,15,16)(H,12,13,14). The fraction of sp³-hybridized carbons (Fsp3) is 0. The van der Waals surface area contributed by atoms with E-state index in [0.29, 0.717) is 11.3 Å². The van der Waals surface area contributed by atoms with Crippen molar-refractivity contribution in [3.05, 3.63) is 29.5 Å². The van der Waals surface area contributed by atoms with Crippen LogP contribution < -0.4 is 16.6 Å². The van der Waals surface area contributed by atoms with Crippen LogP contribution in [-0.2, 0) is 0 Å². The first-order valence-electron chi connectivity index (χ1n) is 4.40. The first kappa shape index (κ1) is 10.4. The molecule has 0 aliphatic carbocycles. The van der Waals surface area contributed by atoms with Crippen molar-refractivity contribution in [2.24, 2.45) is 5.73 Å². The number of carbonyl (C=O) groups excluding carboxylic acids is 1. The Kier molecular flexibility index (Phi) is 2.74. The van der Waals surface area contributed by atoms with E-state index in [-0.39, 0.29) is 5.28 Å². The van der Waals surface area contributed by atoms with Gasteiger partial charge in [-0.15, -0.1) is 0 Å². The van der Waals surface area contributed by atoms with Crippen LogP contribution in [0.3, 0.4) is 0 Å². The van der Waals surface area contributed by atoms with Crippen LogP contribution in [0.5, 0.6) is 0 Å². The maximum Gasteiger partial charge on any atom is 0.330 e. The summed E-state index contributed by atoms with van der Waals surface area (Å²) >= 11 is 5.73. The van der Waals surface area contributed by atoms with E-state index < -0.39 is 6.03 Å². The molecule has 6 nitrogen and oxygen atoms in total. The van der Waals surface area contributed by atoms with E-state index in [1.807, 2.05) is 12.1 Å². The molecule has 4 N–H and O–H groups in total. The molecule has 2 rings (SSSR count). The van der Waals surface area contributed by atoms with Crippen LogP contribution in [0, 0.1) is 0 Å². The summed E-state index contributed by atoms with van der Waals surface area (Å²) in [6.45, 7) is 0. The molecule has 7 heteroatoms.